The molecule has 0 unspecified atom stereocenters. The molecule has 0 spiro atoms. The highest BCUT2D eigenvalue weighted by Gasteiger charge is 2.14. The van der Waals surface area contributed by atoms with E-state index in [9.17, 15) is 0 Å². The van der Waals surface area contributed by atoms with E-state index < -0.39 is 0 Å². The quantitative estimate of drug-likeness (QED) is 0.162. The molecule has 12 aromatic rings. The highest BCUT2D eigenvalue weighted by molar-refractivity contribution is 6.10. The predicted molar refractivity (Wildman–Crippen MR) is 245 cm³/mol. The van der Waals surface area contributed by atoms with Gasteiger partial charge in [0, 0.05) is 67.0 Å². The first-order valence-electron chi connectivity index (χ1n) is 20.0. The maximum absolute atomic E-state index is 5.19. The van der Waals surface area contributed by atoms with Crippen LogP contribution in [-0.2, 0) is 0 Å². The summed E-state index contributed by atoms with van der Waals surface area (Å²) in [6.45, 7) is 0. The van der Waals surface area contributed by atoms with Crippen molar-refractivity contribution in [3.8, 4) is 56.2 Å². The van der Waals surface area contributed by atoms with Gasteiger partial charge in [-0.1, -0.05) is 127 Å². The van der Waals surface area contributed by atoms with E-state index in [2.05, 4.69) is 157 Å². The number of hydrogen-bond donors (Lipinski definition) is 0. The molecule has 0 saturated heterocycles. The molecule has 0 amide bonds. The standard InChI is InChI=1S/C54H32N6/c1-2-6-34(7-3-1)45-25-22-38-16-17-39-23-26-46(60-53(39)52(38)59-45)35-12-10-33(11-13-35)40-18-14-36-20-24-47(57-49(36)31-40)41-19-15-37-21-27-48(58-50(37)32-41)44-30-42-8-4-28-55-51(42)54-43(44)9-5-29-56-54/h1-32H. The van der Waals surface area contributed by atoms with Crippen LogP contribution in [0.3, 0.4) is 0 Å². The fourth-order valence-corrected chi connectivity index (χ4v) is 8.40. The van der Waals surface area contributed by atoms with Gasteiger partial charge >= 0.3 is 0 Å². The third kappa shape index (κ3) is 5.81. The Kier molecular flexibility index (Phi) is 7.74. The molecule has 0 fully saturated rings. The van der Waals surface area contributed by atoms with Gasteiger partial charge in [-0.2, -0.15) is 0 Å². The number of aromatic nitrogens is 6. The van der Waals surface area contributed by atoms with Crippen molar-refractivity contribution in [2.24, 2.45) is 0 Å². The van der Waals surface area contributed by atoms with E-state index in [1.54, 1.807) is 0 Å². The number of benzene rings is 6. The molecule has 0 aliphatic heterocycles. The van der Waals surface area contributed by atoms with Crippen LogP contribution in [0.25, 0.3) is 122 Å². The van der Waals surface area contributed by atoms with Gasteiger partial charge in [0.1, 0.15) is 0 Å². The van der Waals surface area contributed by atoms with Crippen LogP contribution in [0.15, 0.2) is 194 Å². The Bertz CT molecular complexity index is 3660. The van der Waals surface area contributed by atoms with Gasteiger partial charge in [-0.25, -0.2) is 19.9 Å². The number of fused-ring (bicyclic) bond motifs is 8. The van der Waals surface area contributed by atoms with E-state index in [1.165, 1.54) is 0 Å². The Morgan fingerprint density at radius 3 is 1.48 bits per heavy atom. The summed E-state index contributed by atoms with van der Waals surface area (Å²) in [7, 11) is 0. The Labute approximate surface area is 344 Å². The summed E-state index contributed by atoms with van der Waals surface area (Å²) in [6, 6.07) is 63.2. The van der Waals surface area contributed by atoms with Crippen LogP contribution in [0.2, 0.25) is 0 Å². The van der Waals surface area contributed by atoms with Crippen molar-refractivity contribution in [2.75, 3.05) is 0 Å². The van der Waals surface area contributed by atoms with Gasteiger partial charge in [-0.05, 0) is 65.7 Å². The molecule has 0 bridgehead atoms. The average Bonchev–Trinajstić information content (AvgIpc) is 3.33. The van der Waals surface area contributed by atoms with Crippen molar-refractivity contribution in [1.29, 1.82) is 0 Å². The molecule has 278 valence electrons. The van der Waals surface area contributed by atoms with E-state index in [0.29, 0.717) is 0 Å². The summed E-state index contributed by atoms with van der Waals surface area (Å²) in [5, 5.41) is 6.37. The molecule has 6 aromatic heterocycles. The van der Waals surface area contributed by atoms with Crippen molar-refractivity contribution >= 4 is 65.4 Å². The van der Waals surface area contributed by atoms with E-state index in [-0.39, 0.29) is 0 Å². The zero-order valence-corrected chi connectivity index (χ0v) is 32.2. The average molecular weight is 765 g/mol. The van der Waals surface area contributed by atoms with Crippen molar-refractivity contribution < 1.29 is 0 Å². The normalized spacial score (nSPS) is 11.7. The van der Waals surface area contributed by atoms with E-state index in [0.717, 1.165) is 122 Å². The van der Waals surface area contributed by atoms with Crippen molar-refractivity contribution in [1.82, 2.24) is 29.9 Å². The fraction of sp³-hybridized carbons (Fsp3) is 0. The molecule has 6 aromatic carbocycles. The van der Waals surface area contributed by atoms with Crippen LogP contribution < -0.4 is 0 Å². The molecule has 0 atom stereocenters. The van der Waals surface area contributed by atoms with Crippen LogP contribution in [0.1, 0.15) is 0 Å². The summed E-state index contributed by atoms with van der Waals surface area (Å²) >= 11 is 0. The number of rotatable bonds is 5. The highest BCUT2D eigenvalue weighted by atomic mass is 14.8. The Morgan fingerprint density at radius 2 is 0.767 bits per heavy atom. The van der Waals surface area contributed by atoms with Gasteiger partial charge in [0.15, 0.2) is 0 Å². The third-order valence-corrected chi connectivity index (χ3v) is 11.5. The number of pyridine rings is 6. The Balaban J connectivity index is 0.863. The summed E-state index contributed by atoms with van der Waals surface area (Å²) in [5.41, 5.74) is 15.5. The zero-order valence-electron chi connectivity index (χ0n) is 32.2. The number of nitrogens with zero attached hydrogens (tertiary/aromatic N) is 6. The van der Waals surface area contributed by atoms with Gasteiger partial charge in [0.25, 0.3) is 0 Å². The smallest absolute Gasteiger partial charge is 0.0972 e. The molecule has 0 saturated carbocycles. The van der Waals surface area contributed by atoms with E-state index >= 15 is 0 Å². The zero-order chi connectivity index (χ0) is 39.6. The largest absolute Gasteiger partial charge is 0.254 e. The fourth-order valence-electron chi connectivity index (χ4n) is 8.40. The minimum atomic E-state index is 0.878. The Hall–Kier alpha value is -8.22. The predicted octanol–water partition coefficient (Wildman–Crippen LogP) is 13.3. The molecule has 6 nitrogen and oxygen atoms in total. The summed E-state index contributed by atoms with van der Waals surface area (Å²) in [5.74, 6) is 0. The molecular formula is C54H32N6. The second kappa shape index (κ2) is 13.7. The second-order valence-electron chi connectivity index (χ2n) is 15.2. The first kappa shape index (κ1) is 33.9. The maximum atomic E-state index is 5.19. The second-order valence-corrected chi connectivity index (χ2v) is 15.2. The van der Waals surface area contributed by atoms with Crippen LogP contribution in [-0.4, -0.2) is 29.9 Å². The van der Waals surface area contributed by atoms with Crippen LogP contribution in [0.4, 0.5) is 0 Å². The highest BCUT2D eigenvalue weighted by Crippen LogP contribution is 2.35. The lowest BCUT2D eigenvalue weighted by molar-refractivity contribution is 1.36. The minimum absolute atomic E-state index is 0.878. The molecule has 0 aliphatic carbocycles. The SMILES string of the molecule is c1ccc(-c2ccc3ccc4ccc(-c5ccc(-c6ccc7ccc(-c8ccc9ccc(-c%10cc%11cccnc%11c%11ncccc%10%11)nc9c8)nc7c6)cc5)nc4c3n2)cc1. The lowest BCUT2D eigenvalue weighted by Crippen LogP contribution is -1.92. The van der Waals surface area contributed by atoms with Crippen LogP contribution in [0, 0.1) is 0 Å². The lowest BCUT2D eigenvalue weighted by atomic mass is 9.99. The monoisotopic (exact) mass is 764 g/mol. The first-order chi connectivity index (χ1) is 29.7. The molecule has 0 N–H and O–H groups in total. The van der Waals surface area contributed by atoms with Crippen molar-refractivity contribution in [3.63, 3.8) is 0 Å². The first-order valence-corrected chi connectivity index (χ1v) is 20.0. The van der Waals surface area contributed by atoms with Gasteiger partial charge in [-0.3, -0.25) is 9.97 Å². The van der Waals surface area contributed by atoms with Crippen molar-refractivity contribution in [2.45, 2.75) is 0 Å². The summed E-state index contributed by atoms with van der Waals surface area (Å²) in [4.78, 5) is 30.0. The summed E-state index contributed by atoms with van der Waals surface area (Å²) < 4.78 is 0. The summed E-state index contributed by atoms with van der Waals surface area (Å²) in [6.07, 6.45) is 3.64. The topological polar surface area (TPSA) is 77.3 Å². The molecule has 0 radical (unpaired) electrons. The van der Waals surface area contributed by atoms with E-state index in [4.69, 9.17) is 24.9 Å². The van der Waals surface area contributed by atoms with Crippen LogP contribution >= 0.6 is 0 Å². The minimum Gasteiger partial charge on any atom is -0.254 e. The van der Waals surface area contributed by atoms with Gasteiger partial charge in [0.2, 0.25) is 0 Å². The van der Waals surface area contributed by atoms with Crippen molar-refractivity contribution in [3.05, 3.63) is 194 Å². The molecule has 12 rings (SSSR count). The molecule has 6 heteroatoms. The Morgan fingerprint density at radius 1 is 0.267 bits per heavy atom. The molecule has 60 heavy (non-hydrogen) atoms. The number of hydrogen-bond acceptors (Lipinski definition) is 6. The third-order valence-electron chi connectivity index (χ3n) is 11.5. The van der Waals surface area contributed by atoms with Gasteiger partial charge in [0.05, 0.1) is 55.9 Å². The molecule has 0 aliphatic rings. The lowest BCUT2D eigenvalue weighted by Gasteiger charge is -2.11. The van der Waals surface area contributed by atoms with E-state index in [1.807, 2.05) is 42.7 Å². The molecular weight excluding hydrogens is 733 g/mol. The van der Waals surface area contributed by atoms with Gasteiger partial charge in [-0.15, -0.1) is 0 Å². The molecule has 6 heterocycles. The van der Waals surface area contributed by atoms with Gasteiger partial charge < -0.3 is 0 Å². The maximum Gasteiger partial charge on any atom is 0.0972 e. The van der Waals surface area contributed by atoms with Crippen LogP contribution in [0.5, 0.6) is 0 Å².